The van der Waals surface area contributed by atoms with Gasteiger partial charge in [0.2, 0.25) is 11.8 Å². The lowest BCUT2D eigenvalue weighted by Crippen LogP contribution is -2.42. The zero-order chi connectivity index (χ0) is 25.8. The smallest absolute Gasteiger partial charge is 0.245 e. The Morgan fingerprint density at radius 2 is 1.14 bits per heavy atom. The van der Waals surface area contributed by atoms with Crippen LogP contribution in [0.25, 0.3) is 0 Å². The highest BCUT2D eigenvalue weighted by molar-refractivity contribution is 8.16. The van der Waals surface area contributed by atoms with Crippen LogP contribution >= 0.6 is 23.5 Å². The van der Waals surface area contributed by atoms with Gasteiger partial charge < -0.3 is 20.8 Å². The first kappa shape index (κ1) is 26.5. The van der Waals surface area contributed by atoms with Gasteiger partial charge in [-0.05, 0) is 89.9 Å². The van der Waals surface area contributed by atoms with Gasteiger partial charge in [0.1, 0.15) is 9.49 Å². The van der Waals surface area contributed by atoms with Crippen molar-refractivity contribution in [1.82, 2.24) is 10.6 Å². The summed E-state index contributed by atoms with van der Waals surface area (Å²) < 4.78 is -1.56. The van der Waals surface area contributed by atoms with Crippen molar-refractivity contribution in [1.29, 1.82) is 0 Å². The predicted molar refractivity (Wildman–Crippen MR) is 145 cm³/mol. The van der Waals surface area contributed by atoms with Crippen LogP contribution in [0, 0.1) is 23.7 Å². The molecule has 0 aromatic carbocycles. The Morgan fingerprint density at radius 1 is 0.750 bits per heavy atom. The Morgan fingerprint density at radius 3 is 1.39 bits per heavy atom. The molecule has 4 bridgehead atoms. The van der Waals surface area contributed by atoms with E-state index in [1.807, 2.05) is 0 Å². The molecule has 0 aromatic heterocycles. The summed E-state index contributed by atoms with van der Waals surface area (Å²) in [5, 5.41) is 26.5. The minimum absolute atomic E-state index is 0.121. The summed E-state index contributed by atoms with van der Waals surface area (Å²) in [4.78, 5) is 33.3. The van der Waals surface area contributed by atoms with E-state index < -0.39 is 21.7 Å². The molecule has 4 aliphatic carbocycles. The number of aliphatic hydroxyl groups excluding tert-OH is 2. The number of amidine groups is 2. The van der Waals surface area contributed by atoms with Crippen LogP contribution in [-0.4, -0.2) is 66.1 Å². The fraction of sp³-hybridized carbons (Fsp3) is 0.846. The van der Waals surface area contributed by atoms with Crippen molar-refractivity contribution in [2.75, 3.05) is 0 Å². The third kappa shape index (κ3) is 4.87. The number of aliphatic hydroxyl groups is 2. The summed E-state index contributed by atoms with van der Waals surface area (Å²) in [6.07, 6.45) is 8.93. The first-order valence-corrected chi connectivity index (χ1v) is 15.1. The lowest BCUT2D eigenvalue weighted by molar-refractivity contribution is -0.124. The minimum Gasteiger partial charge on any atom is -0.391 e. The van der Waals surface area contributed by atoms with E-state index in [1.165, 1.54) is 74.9 Å². The summed E-state index contributed by atoms with van der Waals surface area (Å²) in [5.74, 6) is 2.91. The van der Waals surface area contributed by atoms with Crippen LogP contribution < -0.4 is 10.6 Å². The van der Waals surface area contributed by atoms with Crippen LogP contribution in [0.15, 0.2) is 9.98 Å². The molecule has 10 heteroatoms. The summed E-state index contributed by atoms with van der Waals surface area (Å²) in [7, 11) is 0. The highest BCUT2D eigenvalue weighted by Gasteiger charge is 2.49. The predicted octanol–water partition coefficient (Wildman–Crippen LogP) is 3.07. The molecule has 2 aliphatic heterocycles. The molecule has 6 aliphatic rings. The number of carbonyl (C=O) groups is 2. The van der Waals surface area contributed by atoms with Crippen LogP contribution in [0.4, 0.5) is 0 Å². The number of amides is 2. The second kappa shape index (κ2) is 9.89. The second-order valence-corrected chi connectivity index (χ2v) is 14.9. The highest BCUT2D eigenvalue weighted by Crippen LogP contribution is 2.48. The Bertz CT molecular complexity index is 896. The average molecular weight is 537 g/mol. The zero-order valence-corrected chi connectivity index (χ0v) is 23.3. The standard InChI is InChI=1S/2C13H20N2O2S/c2*1-7(16)13(2)11(17)15-12(18-13)14-10-6-8-3-4-9(10)5-8/h2*7-10,16H,3-6H2,1-2H3,(H,14,15,17)/t2*7?,8-,9+,10+,13-/m11/s1. The molecule has 6 rings (SSSR count). The van der Waals surface area contributed by atoms with Crippen molar-refractivity contribution in [2.45, 2.75) is 113 Å². The molecule has 2 unspecified atom stereocenters. The van der Waals surface area contributed by atoms with Gasteiger partial charge in [0, 0.05) is 0 Å². The lowest BCUT2D eigenvalue weighted by atomic mass is 9.96. The van der Waals surface area contributed by atoms with Crippen molar-refractivity contribution >= 4 is 45.7 Å². The first-order chi connectivity index (χ1) is 17.0. The molecular formula is C26H40N4O4S2. The van der Waals surface area contributed by atoms with E-state index in [0.717, 1.165) is 23.7 Å². The summed E-state index contributed by atoms with van der Waals surface area (Å²) in [5.41, 5.74) is 0. The number of hydrogen-bond acceptors (Lipinski definition) is 8. The first-order valence-electron chi connectivity index (χ1n) is 13.5. The molecule has 2 heterocycles. The van der Waals surface area contributed by atoms with E-state index in [2.05, 4.69) is 10.6 Å². The van der Waals surface area contributed by atoms with Crippen LogP contribution in [-0.2, 0) is 9.59 Å². The summed E-state index contributed by atoms with van der Waals surface area (Å²) in [6.45, 7) is 6.88. The maximum atomic E-state index is 11.9. The highest BCUT2D eigenvalue weighted by atomic mass is 32.2. The molecule has 0 radical (unpaired) electrons. The Balaban J connectivity index is 0.000000148. The molecule has 4 saturated carbocycles. The van der Waals surface area contributed by atoms with Gasteiger partial charge >= 0.3 is 0 Å². The summed E-state index contributed by atoms with van der Waals surface area (Å²) in [6, 6.07) is 0.783. The van der Waals surface area contributed by atoms with Gasteiger partial charge in [0.05, 0.1) is 24.3 Å². The molecule has 2 saturated heterocycles. The molecule has 4 N–H and O–H groups in total. The van der Waals surface area contributed by atoms with Gasteiger partial charge in [-0.2, -0.15) is 0 Å². The normalized spacial score (nSPS) is 46.7. The van der Waals surface area contributed by atoms with E-state index in [9.17, 15) is 19.8 Å². The SMILES string of the molecule is CC(O)[C@@]1(C)SC(=N[C@H]2C[C@@H]3CC[C@H]2C3)NC1=O.CC(O)[C@@]1(C)SC(=N[C@H]2C[C@@H]3CC[C@H]2C3)NC1=O. The Kier molecular flexibility index (Phi) is 7.28. The van der Waals surface area contributed by atoms with E-state index in [4.69, 9.17) is 9.98 Å². The van der Waals surface area contributed by atoms with Gasteiger partial charge in [-0.1, -0.05) is 36.4 Å². The maximum Gasteiger partial charge on any atom is 0.245 e. The molecule has 200 valence electrons. The Labute approximate surface area is 222 Å². The van der Waals surface area contributed by atoms with Gasteiger partial charge in [-0.3, -0.25) is 19.6 Å². The number of rotatable bonds is 4. The number of carbonyl (C=O) groups excluding carboxylic acids is 2. The van der Waals surface area contributed by atoms with E-state index >= 15 is 0 Å². The van der Waals surface area contributed by atoms with Gasteiger partial charge in [0.25, 0.3) is 0 Å². The molecule has 0 spiro atoms. The van der Waals surface area contributed by atoms with Crippen molar-refractivity contribution in [2.24, 2.45) is 33.7 Å². The topological polar surface area (TPSA) is 123 Å². The van der Waals surface area contributed by atoms with E-state index in [0.29, 0.717) is 22.4 Å². The maximum absolute atomic E-state index is 11.9. The summed E-state index contributed by atoms with van der Waals surface area (Å²) >= 11 is 2.77. The fourth-order valence-electron chi connectivity index (χ4n) is 6.69. The molecule has 0 aromatic rings. The lowest BCUT2D eigenvalue weighted by Gasteiger charge is -2.22. The fourth-order valence-corrected chi connectivity index (χ4v) is 8.79. The van der Waals surface area contributed by atoms with Gasteiger partial charge in [0.15, 0.2) is 10.3 Å². The van der Waals surface area contributed by atoms with Gasteiger partial charge in [-0.25, -0.2) is 0 Å². The Hall–Kier alpha value is -1.10. The molecule has 2 amide bonds. The zero-order valence-electron chi connectivity index (χ0n) is 21.7. The van der Waals surface area contributed by atoms with Crippen LogP contribution in [0.1, 0.15) is 79.1 Å². The third-order valence-electron chi connectivity index (χ3n) is 9.52. The molecule has 36 heavy (non-hydrogen) atoms. The average Bonchev–Trinajstić information content (AvgIpc) is 3.64. The molecule has 6 fully saturated rings. The monoisotopic (exact) mass is 536 g/mol. The van der Waals surface area contributed by atoms with Gasteiger partial charge in [-0.15, -0.1) is 0 Å². The quantitative estimate of drug-likeness (QED) is 0.438. The van der Waals surface area contributed by atoms with E-state index in [1.54, 1.807) is 27.7 Å². The van der Waals surface area contributed by atoms with Crippen molar-refractivity contribution in [3.63, 3.8) is 0 Å². The molecule has 8 nitrogen and oxygen atoms in total. The number of thioether (sulfide) groups is 2. The molecule has 10 atom stereocenters. The minimum atomic E-state index is -0.781. The van der Waals surface area contributed by atoms with Crippen LogP contribution in [0.3, 0.4) is 0 Å². The van der Waals surface area contributed by atoms with Crippen molar-refractivity contribution < 1.29 is 19.8 Å². The molecular weight excluding hydrogens is 496 g/mol. The second-order valence-electron chi connectivity index (χ2n) is 12.0. The third-order valence-corrected chi connectivity index (χ3v) is 12.2. The number of hydrogen-bond donors (Lipinski definition) is 4. The number of fused-ring (bicyclic) bond motifs is 4. The largest absolute Gasteiger partial charge is 0.391 e. The number of aliphatic imine (C=N–C) groups is 2. The van der Waals surface area contributed by atoms with Crippen molar-refractivity contribution in [3.05, 3.63) is 0 Å². The number of nitrogens with zero attached hydrogens (tertiary/aromatic N) is 2. The van der Waals surface area contributed by atoms with Crippen molar-refractivity contribution in [3.8, 4) is 0 Å². The van der Waals surface area contributed by atoms with Crippen LogP contribution in [0.5, 0.6) is 0 Å². The van der Waals surface area contributed by atoms with Crippen LogP contribution in [0.2, 0.25) is 0 Å². The number of nitrogens with one attached hydrogen (secondary N) is 2. The van der Waals surface area contributed by atoms with E-state index in [-0.39, 0.29) is 11.8 Å².